The molecule has 0 radical (unpaired) electrons. The number of benzene rings is 2. The summed E-state index contributed by atoms with van der Waals surface area (Å²) in [6.45, 7) is 0. The van der Waals surface area contributed by atoms with Gasteiger partial charge in [-0.3, -0.25) is 9.97 Å². The fraction of sp³-hybridized carbons (Fsp3) is 0. The van der Waals surface area contributed by atoms with E-state index in [0.29, 0.717) is 0 Å². The van der Waals surface area contributed by atoms with Crippen molar-refractivity contribution in [1.82, 2.24) is 9.97 Å². The Morgan fingerprint density at radius 1 is 0.680 bits per heavy atom. The first kappa shape index (κ1) is 13.9. The predicted molar refractivity (Wildman–Crippen MR) is 100 cm³/mol. The highest BCUT2D eigenvalue weighted by Crippen LogP contribution is 2.36. The number of rotatable bonds is 2. The minimum absolute atomic E-state index is 0.878. The predicted octanol–water partition coefficient (Wildman–Crippen LogP) is 5.71. The van der Waals surface area contributed by atoms with Gasteiger partial charge in [0.15, 0.2) is 0 Å². The molecule has 0 N–H and O–H groups in total. The fourth-order valence-corrected chi connectivity index (χ4v) is 3.25. The zero-order chi connectivity index (χ0) is 16.6. The summed E-state index contributed by atoms with van der Waals surface area (Å²) < 4.78 is 6.18. The number of fused-ring (bicyclic) bond motifs is 3. The highest BCUT2D eigenvalue weighted by atomic mass is 16.3. The Labute approximate surface area is 144 Å². The smallest absolute Gasteiger partial charge is 0.144 e. The molecule has 3 heterocycles. The maximum absolute atomic E-state index is 6.18. The van der Waals surface area contributed by atoms with Crippen LogP contribution in [0.4, 0.5) is 0 Å². The number of furan rings is 1. The molecule has 0 aliphatic carbocycles. The number of para-hydroxylation sites is 1. The lowest BCUT2D eigenvalue weighted by molar-refractivity contribution is 0.670. The van der Waals surface area contributed by atoms with Crippen molar-refractivity contribution in [2.45, 2.75) is 0 Å². The molecule has 0 aliphatic rings. The van der Waals surface area contributed by atoms with Crippen molar-refractivity contribution in [3.05, 3.63) is 85.3 Å². The van der Waals surface area contributed by atoms with Crippen LogP contribution in [0.5, 0.6) is 0 Å². The lowest BCUT2D eigenvalue weighted by Gasteiger charge is -2.01. The molecule has 0 unspecified atom stereocenters. The van der Waals surface area contributed by atoms with E-state index >= 15 is 0 Å². The minimum atomic E-state index is 0.878. The van der Waals surface area contributed by atoms with Gasteiger partial charge >= 0.3 is 0 Å². The van der Waals surface area contributed by atoms with Crippen LogP contribution < -0.4 is 0 Å². The van der Waals surface area contributed by atoms with E-state index in [1.54, 1.807) is 6.20 Å². The third kappa shape index (κ3) is 2.29. The van der Waals surface area contributed by atoms with Crippen LogP contribution in [0.2, 0.25) is 0 Å². The molecular weight excluding hydrogens is 308 g/mol. The van der Waals surface area contributed by atoms with Crippen molar-refractivity contribution in [2.24, 2.45) is 0 Å². The lowest BCUT2D eigenvalue weighted by Crippen LogP contribution is -1.82. The van der Waals surface area contributed by atoms with E-state index in [4.69, 9.17) is 4.42 Å². The zero-order valence-electron chi connectivity index (χ0n) is 13.4. The maximum Gasteiger partial charge on any atom is 0.144 e. The summed E-state index contributed by atoms with van der Waals surface area (Å²) >= 11 is 0. The average molecular weight is 322 g/mol. The molecule has 0 saturated carbocycles. The normalized spacial score (nSPS) is 11.2. The number of hydrogen-bond acceptors (Lipinski definition) is 3. The Bertz CT molecular complexity index is 1180. The van der Waals surface area contributed by atoms with Gasteiger partial charge in [0, 0.05) is 34.9 Å². The van der Waals surface area contributed by atoms with Crippen LogP contribution in [0, 0.1) is 0 Å². The average Bonchev–Trinajstić information content (AvgIpc) is 3.07. The number of nitrogens with zero attached hydrogens (tertiary/aromatic N) is 2. The first-order chi connectivity index (χ1) is 12.4. The fourth-order valence-electron chi connectivity index (χ4n) is 3.25. The Hall–Kier alpha value is -3.46. The van der Waals surface area contributed by atoms with Crippen LogP contribution in [0.15, 0.2) is 89.7 Å². The molecule has 2 aromatic carbocycles. The quantitative estimate of drug-likeness (QED) is 0.418. The van der Waals surface area contributed by atoms with Crippen LogP contribution in [0.1, 0.15) is 0 Å². The molecule has 3 heteroatoms. The Morgan fingerprint density at radius 3 is 2.44 bits per heavy atom. The second-order valence-corrected chi connectivity index (χ2v) is 5.95. The van der Waals surface area contributed by atoms with E-state index in [-0.39, 0.29) is 0 Å². The second-order valence-electron chi connectivity index (χ2n) is 5.95. The summed E-state index contributed by atoms with van der Waals surface area (Å²) in [5.74, 6) is 0. The second kappa shape index (κ2) is 5.56. The van der Waals surface area contributed by atoms with Crippen molar-refractivity contribution in [1.29, 1.82) is 0 Å². The van der Waals surface area contributed by atoms with Crippen LogP contribution in [0.25, 0.3) is 44.3 Å². The van der Waals surface area contributed by atoms with Gasteiger partial charge < -0.3 is 4.42 Å². The number of pyridine rings is 2. The summed E-state index contributed by atoms with van der Waals surface area (Å²) in [6.07, 6.45) is 5.43. The van der Waals surface area contributed by atoms with E-state index in [0.717, 1.165) is 44.3 Å². The molecule has 5 rings (SSSR count). The largest absolute Gasteiger partial charge is 0.455 e. The molecule has 0 spiro atoms. The molecule has 0 fully saturated rings. The minimum Gasteiger partial charge on any atom is -0.455 e. The molecule has 0 bridgehead atoms. The van der Waals surface area contributed by atoms with E-state index in [1.807, 2.05) is 48.8 Å². The van der Waals surface area contributed by atoms with E-state index in [2.05, 4.69) is 40.3 Å². The molecule has 5 aromatic rings. The third-order valence-corrected chi connectivity index (χ3v) is 4.45. The van der Waals surface area contributed by atoms with Crippen LogP contribution in [-0.4, -0.2) is 9.97 Å². The Kier molecular flexibility index (Phi) is 3.10. The summed E-state index contributed by atoms with van der Waals surface area (Å²) in [6, 6.07) is 22.5. The van der Waals surface area contributed by atoms with Gasteiger partial charge in [0.2, 0.25) is 0 Å². The highest BCUT2D eigenvalue weighted by Gasteiger charge is 2.13. The van der Waals surface area contributed by atoms with Crippen LogP contribution in [-0.2, 0) is 0 Å². The zero-order valence-corrected chi connectivity index (χ0v) is 13.4. The van der Waals surface area contributed by atoms with Gasteiger partial charge in [0.05, 0.1) is 5.69 Å². The molecule has 3 aromatic heterocycles. The lowest BCUT2D eigenvalue weighted by atomic mass is 10.0. The molecule has 0 saturated heterocycles. The monoisotopic (exact) mass is 322 g/mol. The first-order valence-corrected chi connectivity index (χ1v) is 8.17. The number of hydrogen-bond donors (Lipinski definition) is 0. The number of aromatic nitrogens is 2. The van der Waals surface area contributed by atoms with Gasteiger partial charge in [-0.1, -0.05) is 24.3 Å². The first-order valence-electron chi connectivity index (χ1n) is 8.17. The molecular formula is C22H14N2O. The van der Waals surface area contributed by atoms with Crippen LogP contribution >= 0.6 is 0 Å². The van der Waals surface area contributed by atoms with Gasteiger partial charge in [-0.2, -0.15) is 0 Å². The van der Waals surface area contributed by atoms with Gasteiger partial charge in [-0.15, -0.1) is 0 Å². The van der Waals surface area contributed by atoms with E-state index in [9.17, 15) is 0 Å². The van der Waals surface area contributed by atoms with E-state index < -0.39 is 0 Å². The highest BCUT2D eigenvalue weighted by molar-refractivity contribution is 6.10. The van der Waals surface area contributed by atoms with Gasteiger partial charge in [0.25, 0.3) is 0 Å². The van der Waals surface area contributed by atoms with Crippen molar-refractivity contribution in [3.63, 3.8) is 0 Å². The van der Waals surface area contributed by atoms with Crippen molar-refractivity contribution in [3.8, 4) is 22.4 Å². The SMILES string of the molecule is c1ccc(-c2cccc3c2oc2ccc(-c4ccncc4)cc23)nc1. The molecule has 118 valence electrons. The van der Waals surface area contributed by atoms with Crippen molar-refractivity contribution in [2.75, 3.05) is 0 Å². The summed E-state index contributed by atoms with van der Waals surface area (Å²) in [5.41, 5.74) is 5.99. The third-order valence-electron chi connectivity index (χ3n) is 4.45. The summed E-state index contributed by atoms with van der Waals surface area (Å²) in [4.78, 5) is 8.56. The topological polar surface area (TPSA) is 38.9 Å². The van der Waals surface area contributed by atoms with Gasteiger partial charge in [-0.25, -0.2) is 0 Å². The van der Waals surface area contributed by atoms with Crippen LogP contribution in [0.3, 0.4) is 0 Å². The standard InChI is InChI=1S/C22H14N2O/c1-2-11-24-20(6-1)18-5-3-4-17-19-14-16(15-9-12-23-13-10-15)7-8-21(19)25-22(17)18/h1-14H. The molecule has 0 atom stereocenters. The van der Waals surface area contributed by atoms with E-state index in [1.165, 1.54) is 0 Å². The summed E-state index contributed by atoms with van der Waals surface area (Å²) in [5, 5.41) is 2.22. The Balaban J connectivity index is 1.77. The molecule has 0 aliphatic heterocycles. The molecule has 0 amide bonds. The summed E-state index contributed by atoms with van der Waals surface area (Å²) in [7, 11) is 0. The van der Waals surface area contributed by atoms with Gasteiger partial charge in [-0.05, 0) is 53.6 Å². The maximum atomic E-state index is 6.18. The Morgan fingerprint density at radius 2 is 1.60 bits per heavy atom. The molecule has 25 heavy (non-hydrogen) atoms. The van der Waals surface area contributed by atoms with Gasteiger partial charge in [0.1, 0.15) is 11.2 Å². The van der Waals surface area contributed by atoms with Crippen molar-refractivity contribution < 1.29 is 4.42 Å². The molecule has 3 nitrogen and oxygen atoms in total. The van der Waals surface area contributed by atoms with Crippen molar-refractivity contribution >= 4 is 21.9 Å².